The fraction of sp³-hybridized carbons (Fsp3) is 0.0172. The zero-order valence-electron chi connectivity index (χ0n) is 53.6. The fourth-order valence-corrected chi connectivity index (χ4v) is 13.5. The molecule has 0 aliphatic heterocycles. The molecule has 3 heterocycles. The summed E-state index contributed by atoms with van der Waals surface area (Å²) in [5.74, 6) is -2.14. The Balaban J connectivity index is 1.33. The molecule has 0 radical (unpaired) electrons. The van der Waals surface area contributed by atoms with Gasteiger partial charge in [-0.05, 0) is 63.0 Å². The van der Waals surface area contributed by atoms with E-state index in [4.69, 9.17) is 25.9 Å². The Labute approximate surface area is 400 Å². The van der Waals surface area contributed by atoms with Crippen LogP contribution in [0.25, 0.3) is 78.0 Å². The molecule has 12 rings (SSSR count). The number of hydrogen-bond acceptors (Lipinski definition) is 3. The average molecular weight is 856 g/mol. The molecule has 64 heavy (non-hydrogen) atoms. The van der Waals surface area contributed by atoms with Crippen molar-refractivity contribution < 1.29 is 27.4 Å². The van der Waals surface area contributed by atoms with Crippen molar-refractivity contribution in [1.82, 2.24) is 24.1 Å². The van der Waals surface area contributed by atoms with Gasteiger partial charge in [-0.25, -0.2) is 0 Å². The molecule has 0 fully saturated rings. The summed E-state index contributed by atoms with van der Waals surface area (Å²) >= 11 is 0. The first-order valence-electron chi connectivity index (χ1n) is 30.2. The van der Waals surface area contributed by atoms with Crippen LogP contribution in [-0.4, -0.2) is 32.2 Å². The monoisotopic (exact) mass is 855 g/mol. The lowest BCUT2D eigenvalue weighted by atomic mass is 10.1. The molecule has 1 atom stereocenters. The van der Waals surface area contributed by atoms with Gasteiger partial charge in [0, 0.05) is 27.1 Å². The minimum Gasteiger partial charge on any atom is -0.278 e. The lowest BCUT2D eigenvalue weighted by Gasteiger charge is -2.36. The van der Waals surface area contributed by atoms with E-state index in [2.05, 4.69) is 0 Å². The molecule has 0 saturated carbocycles. The summed E-state index contributed by atoms with van der Waals surface area (Å²) in [6.07, 6.45) is 0. The molecular weight excluding hydrogens is 795 g/mol. The third kappa shape index (κ3) is 5.95. The molecule has 302 valence electrons. The summed E-state index contributed by atoms with van der Waals surface area (Å²) in [6.45, 7) is 1.89. The molecule has 0 aliphatic rings. The van der Waals surface area contributed by atoms with Crippen LogP contribution in [0.2, 0.25) is 0 Å². The Morgan fingerprint density at radius 2 is 0.891 bits per heavy atom. The second-order valence-electron chi connectivity index (χ2n) is 15.0. The summed E-state index contributed by atoms with van der Waals surface area (Å²) in [5.41, 5.74) is -0.0527. The highest BCUT2D eigenvalue weighted by Crippen LogP contribution is 2.34. The van der Waals surface area contributed by atoms with Crippen molar-refractivity contribution in [3.8, 4) is 34.4 Å². The van der Waals surface area contributed by atoms with E-state index in [1.165, 1.54) is 0 Å². The third-order valence-electron chi connectivity index (χ3n) is 11.5. The molecule has 6 heteroatoms. The van der Waals surface area contributed by atoms with Gasteiger partial charge in [0.2, 0.25) is 11.9 Å². The SMILES string of the molecule is [2H]c1c([2H])c(-c2nc(-n3c4c([2H])c([2H])c([2H])c([2H])c4c4c([2H])c([2H])c([2H])c([2H])c43)nc(-n3c4c([2H])c([2H])c([2H])c([2H])c4c4c([2H])c([2H])c([2H])c([2H])c43)n2)c([2H])c([Si](c2ccccc2)(c2cccc(-c3ccccc3)c2)c2ccccc2C)c1[2H]. The number of rotatable bonds is 8. The van der Waals surface area contributed by atoms with Gasteiger partial charge in [-0.1, -0.05) is 211 Å². The van der Waals surface area contributed by atoms with Crippen molar-refractivity contribution in [2.75, 3.05) is 0 Å². The van der Waals surface area contributed by atoms with Crippen LogP contribution < -0.4 is 20.7 Å². The van der Waals surface area contributed by atoms with Crippen molar-refractivity contribution in [2.45, 2.75) is 6.92 Å². The predicted molar refractivity (Wildman–Crippen MR) is 268 cm³/mol. The smallest absolute Gasteiger partial charge is 0.240 e. The lowest BCUT2D eigenvalue weighted by molar-refractivity contribution is 0.893. The second-order valence-corrected chi connectivity index (χ2v) is 18.6. The number of aromatic nitrogens is 5. The van der Waals surface area contributed by atoms with Crippen molar-refractivity contribution in [2.24, 2.45) is 0 Å². The maximum atomic E-state index is 10.7. The Morgan fingerprint density at radius 1 is 0.406 bits per heavy atom. The van der Waals surface area contributed by atoms with Crippen LogP contribution in [0.5, 0.6) is 0 Å². The Morgan fingerprint density at radius 3 is 1.45 bits per heavy atom. The van der Waals surface area contributed by atoms with E-state index in [1.807, 2.05) is 116 Å². The molecule has 0 saturated heterocycles. The normalized spacial score (nSPS) is 17.0. The molecule has 12 aromatic rings. The van der Waals surface area contributed by atoms with Gasteiger partial charge in [-0.15, -0.1) is 0 Å². The minimum atomic E-state index is -4.19. The van der Waals surface area contributed by atoms with Crippen LogP contribution in [0, 0.1) is 6.92 Å². The van der Waals surface area contributed by atoms with Gasteiger partial charge in [0.15, 0.2) is 13.9 Å². The van der Waals surface area contributed by atoms with Crippen LogP contribution in [0.15, 0.2) is 230 Å². The molecule has 9 aromatic carbocycles. The minimum absolute atomic E-state index is 0.00656. The highest BCUT2D eigenvalue weighted by atomic mass is 28.3. The highest BCUT2D eigenvalue weighted by molar-refractivity contribution is 7.20. The zero-order valence-corrected chi connectivity index (χ0v) is 34.6. The maximum Gasteiger partial charge on any atom is 0.240 e. The first-order chi connectivity index (χ1) is 40.0. The largest absolute Gasteiger partial charge is 0.278 e. The Hall–Kier alpha value is -8.19. The average Bonchev–Trinajstić information content (AvgIpc) is 1.83. The van der Waals surface area contributed by atoms with E-state index in [0.29, 0.717) is 15.6 Å². The highest BCUT2D eigenvalue weighted by Gasteiger charge is 2.43. The lowest BCUT2D eigenvalue weighted by Crippen LogP contribution is -2.75. The Bertz CT molecular complexity index is 4550. The molecule has 0 bridgehead atoms. The summed E-state index contributed by atoms with van der Waals surface area (Å²) in [4.78, 5) is 14.5. The fourth-order valence-electron chi connectivity index (χ4n) is 8.70. The van der Waals surface area contributed by atoms with Crippen LogP contribution in [0.1, 0.15) is 33.0 Å². The van der Waals surface area contributed by atoms with Gasteiger partial charge in [-0.3, -0.25) is 9.13 Å². The number of para-hydroxylation sites is 4. The van der Waals surface area contributed by atoms with E-state index in [0.717, 1.165) is 25.8 Å². The van der Waals surface area contributed by atoms with E-state index >= 15 is 0 Å². The molecule has 0 spiro atoms. The van der Waals surface area contributed by atoms with Crippen molar-refractivity contribution in [1.29, 1.82) is 0 Å². The molecule has 5 nitrogen and oxygen atoms in total. The number of hydrogen-bond donors (Lipinski definition) is 0. The molecule has 0 amide bonds. The summed E-state index contributed by atoms with van der Waals surface area (Å²) in [6, 6.07) is 19.2. The van der Waals surface area contributed by atoms with Crippen LogP contribution >= 0.6 is 0 Å². The molecule has 0 aliphatic carbocycles. The van der Waals surface area contributed by atoms with Crippen LogP contribution in [0.3, 0.4) is 0 Å². The van der Waals surface area contributed by atoms with Gasteiger partial charge in [0.05, 0.1) is 49.5 Å². The summed E-state index contributed by atoms with van der Waals surface area (Å²) < 4.78 is 187. The third-order valence-corrected chi connectivity index (χ3v) is 16.2. The van der Waals surface area contributed by atoms with Crippen LogP contribution in [0.4, 0.5) is 0 Å². The van der Waals surface area contributed by atoms with Gasteiger partial charge in [-0.2, -0.15) is 15.0 Å². The van der Waals surface area contributed by atoms with Gasteiger partial charge in [0.1, 0.15) is 0 Å². The van der Waals surface area contributed by atoms with Crippen LogP contribution in [-0.2, 0) is 0 Å². The van der Waals surface area contributed by atoms with E-state index in [1.54, 1.807) is 0 Å². The predicted octanol–water partition coefficient (Wildman–Crippen LogP) is 11.1. The van der Waals surface area contributed by atoms with E-state index in [9.17, 15) is 16.4 Å². The summed E-state index contributed by atoms with van der Waals surface area (Å²) in [7, 11) is -4.19. The number of nitrogens with zero attached hydrogens (tertiary/aromatic N) is 5. The molecule has 3 aromatic heterocycles. The first kappa shape index (κ1) is 22.2. The first-order valence-corrected chi connectivity index (χ1v) is 22.2. The number of aryl methyl sites for hydroxylation is 1. The van der Waals surface area contributed by atoms with Gasteiger partial charge < -0.3 is 0 Å². The maximum absolute atomic E-state index is 10.7. The standard InChI is InChI=1S/C58H41N5Si/c1-40-20-8-17-37-55(40)64(44-25-6-3-7-26-44,45-27-18-23-42(38-45)41-21-4-2-5-22-41)46-28-19-24-43(39-46)56-59-57(62-51-33-13-9-29-47(51)48-30-10-14-34-52(48)62)61-58(60-56)63-53-35-15-11-31-49(53)50-32-12-16-36-54(50)63/h2-39H,1H3/i9D,10D,11D,12D,13D,14D,15D,16D,19D,24D,28D,29D,30D,31D,32D,33D,34D,35D,36D,39D. The zero-order chi connectivity index (χ0) is 60.0. The van der Waals surface area contributed by atoms with Crippen molar-refractivity contribution >= 4 is 72.4 Å². The van der Waals surface area contributed by atoms with Gasteiger partial charge >= 0.3 is 0 Å². The topological polar surface area (TPSA) is 48.5 Å². The molecular formula is C58H41N5Si. The molecule has 0 N–H and O–H groups in total. The van der Waals surface area contributed by atoms with E-state index < -0.39 is 196 Å². The number of benzene rings is 9. The second kappa shape index (κ2) is 15.3. The summed E-state index contributed by atoms with van der Waals surface area (Å²) in [5, 5.41) is 0.451. The van der Waals surface area contributed by atoms with Crippen molar-refractivity contribution in [3.05, 3.63) is 236 Å². The quantitative estimate of drug-likeness (QED) is 0.113. The van der Waals surface area contributed by atoms with Gasteiger partial charge in [0.25, 0.3) is 0 Å². The number of fused-ring (bicyclic) bond motifs is 6. The van der Waals surface area contributed by atoms with Crippen molar-refractivity contribution in [3.63, 3.8) is 0 Å². The molecule has 1 unspecified atom stereocenters. The Kier molecular flexibility index (Phi) is 5.32. The van der Waals surface area contributed by atoms with E-state index in [-0.39, 0.29) is 5.19 Å².